The molecule has 3 aromatic carbocycles. The third-order valence-electron chi connectivity index (χ3n) is 9.44. The van der Waals surface area contributed by atoms with Gasteiger partial charge in [-0.1, -0.05) is 67.9 Å². The first-order chi connectivity index (χ1) is 23.0. The summed E-state index contributed by atoms with van der Waals surface area (Å²) in [6.45, 7) is 7.75. The third-order valence-corrected chi connectivity index (χ3v) is 9.70. The zero-order valence-corrected chi connectivity index (χ0v) is 28.0. The van der Waals surface area contributed by atoms with Gasteiger partial charge in [-0.25, -0.2) is 4.39 Å². The molecule has 1 fully saturated rings. The number of fused-ring (bicyclic) bond motifs is 1. The van der Waals surface area contributed by atoms with Crippen molar-refractivity contribution in [1.82, 2.24) is 25.3 Å². The molecule has 0 aliphatic carbocycles. The number of piperazine rings is 1. The van der Waals surface area contributed by atoms with E-state index in [4.69, 9.17) is 11.6 Å². The van der Waals surface area contributed by atoms with Crippen molar-refractivity contribution in [2.75, 3.05) is 45.8 Å². The number of nitrogens with zero attached hydrogens (tertiary/aromatic N) is 3. The molecule has 2 aliphatic heterocycles. The quantitative estimate of drug-likeness (QED) is 0.262. The van der Waals surface area contributed by atoms with E-state index in [1.165, 1.54) is 6.07 Å². The predicted molar refractivity (Wildman–Crippen MR) is 178 cm³/mol. The predicted octanol–water partition coefficient (Wildman–Crippen LogP) is 5.47. The van der Waals surface area contributed by atoms with E-state index in [0.29, 0.717) is 69.9 Å². The van der Waals surface area contributed by atoms with Crippen molar-refractivity contribution >= 4 is 23.4 Å². The van der Waals surface area contributed by atoms with Gasteiger partial charge in [-0.15, -0.1) is 0 Å². The van der Waals surface area contributed by atoms with Gasteiger partial charge in [-0.05, 0) is 60.5 Å². The molecule has 1 saturated heterocycles. The van der Waals surface area contributed by atoms with E-state index in [1.54, 1.807) is 17.0 Å². The van der Waals surface area contributed by atoms with Gasteiger partial charge < -0.3 is 20.4 Å². The van der Waals surface area contributed by atoms with Gasteiger partial charge in [-0.2, -0.15) is 13.2 Å². The van der Waals surface area contributed by atoms with Crippen molar-refractivity contribution in [3.05, 3.63) is 105 Å². The fourth-order valence-electron chi connectivity index (χ4n) is 6.55. The molecular weight excluding hydrogens is 646 g/mol. The summed E-state index contributed by atoms with van der Waals surface area (Å²) in [6, 6.07) is 16.0. The summed E-state index contributed by atoms with van der Waals surface area (Å²) >= 11 is 6.10. The lowest BCUT2D eigenvalue weighted by Gasteiger charge is -2.42. The van der Waals surface area contributed by atoms with Gasteiger partial charge in [0.15, 0.2) is 0 Å². The first kappa shape index (κ1) is 35.8. The molecule has 0 spiro atoms. The minimum absolute atomic E-state index is 0.198. The van der Waals surface area contributed by atoms with Crippen LogP contribution in [0.5, 0.6) is 0 Å². The third kappa shape index (κ3) is 8.74. The Bertz CT molecular complexity index is 1560. The fraction of sp³-hybridized carbons (Fsp3) is 0.444. The highest BCUT2D eigenvalue weighted by Crippen LogP contribution is 2.33. The average Bonchev–Trinajstić information content (AvgIpc) is 3.09. The van der Waals surface area contributed by atoms with Crippen LogP contribution in [0.2, 0.25) is 5.02 Å². The zero-order chi connectivity index (χ0) is 34.4. The summed E-state index contributed by atoms with van der Waals surface area (Å²) in [5.74, 6) is -1.38. The Morgan fingerprint density at radius 1 is 0.979 bits per heavy atom. The van der Waals surface area contributed by atoms with Crippen LogP contribution in [0.4, 0.5) is 17.6 Å². The lowest BCUT2D eigenvalue weighted by Crippen LogP contribution is -2.58. The summed E-state index contributed by atoms with van der Waals surface area (Å²) in [5, 5.41) is 6.87. The zero-order valence-electron chi connectivity index (χ0n) is 27.2. The molecule has 5 rings (SSSR count). The number of amides is 2. The molecule has 7 nitrogen and oxygen atoms in total. The highest BCUT2D eigenvalue weighted by atomic mass is 35.5. The number of hydrogen-bond acceptors (Lipinski definition) is 5. The molecule has 3 aromatic rings. The summed E-state index contributed by atoms with van der Waals surface area (Å²) in [7, 11) is 0. The topological polar surface area (TPSA) is 67.9 Å². The number of halogens is 5. The van der Waals surface area contributed by atoms with Gasteiger partial charge >= 0.3 is 6.18 Å². The fourth-order valence-corrected chi connectivity index (χ4v) is 6.68. The van der Waals surface area contributed by atoms with E-state index < -0.39 is 35.7 Å². The number of likely N-dealkylation sites (N-methyl/N-ethyl adjacent to an activating group) is 1. The lowest BCUT2D eigenvalue weighted by atomic mass is 9.95. The molecule has 48 heavy (non-hydrogen) atoms. The van der Waals surface area contributed by atoms with Crippen LogP contribution in [0, 0.1) is 5.82 Å². The van der Waals surface area contributed by atoms with E-state index in [0.717, 1.165) is 22.8 Å². The number of carbonyl (C=O) groups is 2. The van der Waals surface area contributed by atoms with E-state index in [9.17, 15) is 22.8 Å². The molecule has 2 N–H and O–H groups in total. The second-order valence-electron chi connectivity index (χ2n) is 12.4. The largest absolute Gasteiger partial charge is 0.416 e. The summed E-state index contributed by atoms with van der Waals surface area (Å²) < 4.78 is 55.2. The van der Waals surface area contributed by atoms with Crippen LogP contribution in [0.15, 0.2) is 66.7 Å². The smallest absolute Gasteiger partial charge is 0.343 e. The van der Waals surface area contributed by atoms with Crippen molar-refractivity contribution in [3.8, 4) is 0 Å². The number of benzene rings is 3. The maximum Gasteiger partial charge on any atom is 0.416 e. The Hall–Kier alpha value is -3.51. The molecule has 0 bridgehead atoms. The number of alkyl halides is 3. The van der Waals surface area contributed by atoms with Gasteiger partial charge in [0.25, 0.3) is 0 Å². The maximum atomic E-state index is 15.3. The monoisotopic (exact) mass is 687 g/mol. The molecule has 3 unspecified atom stereocenters. The van der Waals surface area contributed by atoms with Gasteiger partial charge in [-0.3, -0.25) is 14.5 Å². The van der Waals surface area contributed by atoms with Crippen molar-refractivity contribution in [3.63, 3.8) is 0 Å². The molecule has 2 aliphatic rings. The van der Waals surface area contributed by atoms with Gasteiger partial charge in [0.2, 0.25) is 11.8 Å². The van der Waals surface area contributed by atoms with Crippen molar-refractivity contribution in [2.45, 2.75) is 57.5 Å². The van der Waals surface area contributed by atoms with Gasteiger partial charge in [0.1, 0.15) is 11.9 Å². The van der Waals surface area contributed by atoms with Crippen LogP contribution >= 0.6 is 11.6 Å². The Labute approximate surface area is 284 Å². The molecule has 2 heterocycles. The standard InChI is InChI=1S/C36H42ClF4N5O2/c1-3-44(4-2)23-33(29-14-11-27(21-30(29)38)36(39,40)41)45-15-17-46(18-16-45)35(48)32(19-24-9-12-28(37)13-10-24)43-34(47)31-20-25-7-5-6-8-26(25)22-42-31/h5-14,21,31-33,42H,3-4,15-20,22-23H2,1-2H3,(H,43,47). The number of carbonyl (C=O) groups excluding carboxylic acids is 2. The van der Waals surface area contributed by atoms with Crippen molar-refractivity contribution in [1.29, 1.82) is 0 Å². The van der Waals surface area contributed by atoms with Gasteiger partial charge in [0.05, 0.1) is 17.6 Å². The SMILES string of the molecule is CCN(CC)CC(c1ccc(C(F)(F)F)cc1F)N1CCN(C(=O)C(Cc2ccc(Cl)cc2)NC(=O)C2Cc3ccccc3CN2)CC1. The lowest BCUT2D eigenvalue weighted by molar-refractivity contribution is -0.138. The van der Waals surface area contributed by atoms with E-state index in [-0.39, 0.29) is 23.8 Å². The van der Waals surface area contributed by atoms with Crippen LogP contribution in [0.25, 0.3) is 0 Å². The molecule has 0 aromatic heterocycles. The number of hydrogen-bond donors (Lipinski definition) is 2. The Morgan fingerprint density at radius 3 is 2.27 bits per heavy atom. The second kappa shape index (κ2) is 15.8. The van der Waals surface area contributed by atoms with Crippen molar-refractivity contribution < 1.29 is 27.2 Å². The van der Waals surface area contributed by atoms with E-state index in [1.807, 2.05) is 55.1 Å². The number of rotatable bonds is 11. The van der Waals surface area contributed by atoms with Crippen LogP contribution in [0.3, 0.4) is 0 Å². The normalized spacial score (nSPS) is 18.3. The van der Waals surface area contributed by atoms with Crippen LogP contribution in [-0.4, -0.2) is 84.4 Å². The summed E-state index contributed by atoms with van der Waals surface area (Å²) in [5.41, 5.74) is 2.25. The van der Waals surface area contributed by atoms with Crippen LogP contribution in [-0.2, 0) is 35.2 Å². The maximum absolute atomic E-state index is 15.3. The first-order valence-corrected chi connectivity index (χ1v) is 16.8. The molecule has 0 radical (unpaired) electrons. The van der Waals surface area contributed by atoms with E-state index in [2.05, 4.69) is 15.5 Å². The first-order valence-electron chi connectivity index (χ1n) is 16.4. The van der Waals surface area contributed by atoms with Crippen molar-refractivity contribution in [2.24, 2.45) is 0 Å². The Morgan fingerprint density at radius 2 is 1.65 bits per heavy atom. The Balaban J connectivity index is 1.31. The number of nitrogens with one attached hydrogen (secondary N) is 2. The van der Waals surface area contributed by atoms with E-state index >= 15 is 4.39 Å². The van der Waals surface area contributed by atoms with Crippen LogP contribution < -0.4 is 10.6 Å². The highest BCUT2D eigenvalue weighted by molar-refractivity contribution is 6.30. The van der Waals surface area contributed by atoms with Crippen LogP contribution in [0.1, 0.15) is 47.7 Å². The summed E-state index contributed by atoms with van der Waals surface area (Å²) in [4.78, 5) is 33.4. The molecular formula is C36H42ClF4N5O2. The summed E-state index contributed by atoms with van der Waals surface area (Å²) in [6.07, 6.45) is -3.86. The molecule has 0 saturated carbocycles. The second-order valence-corrected chi connectivity index (χ2v) is 12.8. The molecule has 2 amide bonds. The molecule has 258 valence electrons. The Kier molecular flexibility index (Phi) is 11.8. The average molecular weight is 688 g/mol. The minimum Gasteiger partial charge on any atom is -0.343 e. The molecule has 3 atom stereocenters. The molecule has 12 heteroatoms. The highest BCUT2D eigenvalue weighted by Gasteiger charge is 2.36. The van der Waals surface area contributed by atoms with Gasteiger partial charge in [0, 0.05) is 56.3 Å². The minimum atomic E-state index is -4.64.